The van der Waals surface area contributed by atoms with Gasteiger partial charge in [0.1, 0.15) is 0 Å². The van der Waals surface area contributed by atoms with Crippen molar-refractivity contribution in [2.75, 3.05) is 7.11 Å². The minimum Gasteiger partial charge on any atom is -0.465 e. The lowest BCUT2D eigenvalue weighted by Crippen LogP contribution is -2.00. The molecule has 0 atom stereocenters. The van der Waals surface area contributed by atoms with Crippen molar-refractivity contribution in [3.05, 3.63) is 46.0 Å². The molecule has 1 N–H and O–H groups in total. The van der Waals surface area contributed by atoms with Gasteiger partial charge in [-0.3, -0.25) is 0 Å². The number of azide groups is 1. The topological polar surface area (TPSA) is 90.8 Å². The van der Waals surface area contributed by atoms with E-state index in [4.69, 9.17) is 5.53 Å². The second-order valence-corrected chi connectivity index (χ2v) is 3.45. The highest BCUT2D eigenvalue weighted by Crippen LogP contribution is 2.20. The minimum absolute atomic E-state index is 0.286. The van der Waals surface area contributed by atoms with E-state index in [1.54, 1.807) is 24.4 Å². The molecule has 0 saturated heterocycles. The number of hydrogen-bond donors (Lipinski definition) is 1. The van der Waals surface area contributed by atoms with Crippen molar-refractivity contribution in [1.29, 1.82) is 0 Å². The van der Waals surface area contributed by atoms with Crippen LogP contribution in [0.1, 0.15) is 15.9 Å². The molecule has 0 aliphatic heterocycles. The van der Waals surface area contributed by atoms with Gasteiger partial charge in [-0.1, -0.05) is 11.2 Å². The number of nitrogens with zero attached hydrogens (tertiary/aromatic N) is 3. The van der Waals surface area contributed by atoms with Gasteiger partial charge in [-0.05, 0) is 23.2 Å². The first-order valence-corrected chi connectivity index (χ1v) is 4.95. The molecule has 0 aliphatic carbocycles. The number of ether oxygens (including phenoxy) is 1. The molecule has 17 heavy (non-hydrogen) atoms. The van der Waals surface area contributed by atoms with Gasteiger partial charge in [0, 0.05) is 22.0 Å². The molecule has 2 rings (SSSR count). The van der Waals surface area contributed by atoms with E-state index >= 15 is 0 Å². The summed E-state index contributed by atoms with van der Waals surface area (Å²) in [4.78, 5) is 17.1. The van der Waals surface area contributed by atoms with Crippen LogP contribution in [0.5, 0.6) is 0 Å². The zero-order chi connectivity index (χ0) is 12.3. The molecule has 1 heterocycles. The maximum atomic E-state index is 11.3. The molecule has 0 fully saturated rings. The number of methoxy groups -OCH3 is 1. The number of rotatable bonds is 3. The predicted molar refractivity (Wildman–Crippen MR) is 62.5 cm³/mol. The first-order valence-electron chi connectivity index (χ1n) is 4.95. The maximum Gasteiger partial charge on any atom is 0.337 e. The Morgan fingerprint density at radius 3 is 3.12 bits per heavy atom. The van der Waals surface area contributed by atoms with E-state index in [1.165, 1.54) is 7.11 Å². The van der Waals surface area contributed by atoms with Crippen LogP contribution in [0.15, 0.2) is 29.5 Å². The third-order valence-corrected chi connectivity index (χ3v) is 2.49. The van der Waals surface area contributed by atoms with E-state index in [9.17, 15) is 4.79 Å². The standard InChI is InChI=1S/C11H10N4O2/c1-17-11(16)7-2-3-9-8(6-14-15-12)5-13-10(9)4-7/h2-5,13H,6H2,1H3. The van der Waals surface area contributed by atoms with Gasteiger partial charge in [0.15, 0.2) is 0 Å². The van der Waals surface area contributed by atoms with E-state index < -0.39 is 0 Å². The first-order chi connectivity index (χ1) is 8.26. The van der Waals surface area contributed by atoms with Crippen LogP contribution in [0.25, 0.3) is 21.3 Å². The normalized spacial score (nSPS) is 9.94. The quantitative estimate of drug-likeness (QED) is 0.380. The maximum absolute atomic E-state index is 11.3. The van der Waals surface area contributed by atoms with E-state index in [2.05, 4.69) is 19.7 Å². The lowest BCUT2D eigenvalue weighted by atomic mass is 10.1. The number of aromatic amines is 1. The number of carbonyl (C=O) groups excluding carboxylic acids is 1. The molecule has 2 aromatic rings. The summed E-state index contributed by atoms with van der Waals surface area (Å²) in [6.07, 6.45) is 1.76. The van der Waals surface area contributed by atoms with Gasteiger partial charge in [-0.15, -0.1) is 0 Å². The van der Waals surface area contributed by atoms with Crippen LogP contribution in [-0.2, 0) is 11.3 Å². The summed E-state index contributed by atoms with van der Waals surface area (Å²) in [7, 11) is 1.34. The molecule has 1 aromatic heterocycles. The molecule has 0 amide bonds. The van der Waals surface area contributed by atoms with Crippen molar-refractivity contribution >= 4 is 16.9 Å². The van der Waals surface area contributed by atoms with E-state index in [0.717, 1.165) is 16.5 Å². The third kappa shape index (κ3) is 2.07. The Labute approximate surface area is 96.8 Å². The molecule has 0 spiro atoms. The molecule has 6 heteroatoms. The Bertz CT molecular complexity index is 611. The smallest absolute Gasteiger partial charge is 0.337 e. The van der Waals surface area contributed by atoms with Crippen LogP contribution in [-0.4, -0.2) is 18.1 Å². The van der Waals surface area contributed by atoms with Crippen molar-refractivity contribution in [3.63, 3.8) is 0 Å². The average molecular weight is 230 g/mol. The molecular weight excluding hydrogens is 220 g/mol. The molecule has 0 saturated carbocycles. The molecule has 0 aliphatic rings. The molecule has 0 unspecified atom stereocenters. The highest BCUT2D eigenvalue weighted by molar-refractivity contribution is 5.95. The molecule has 86 valence electrons. The van der Waals surface area contributed by atoms with Gasteiger partial charge < -0.3 is 9.72 Å². The predicted octanol–water partition coefficient (Wildman–Crippen LogP) is 2.76. The van der Waals surface area contributed by atoms with Gasteiger partial charge in [0.25, 0.3) is 0 Å². The van der Waals surface area contributed by atoms with Gasteiger partial charge in [-0.2, -0.15) is 0 Å². The van der Waals surface area contributed by atoms with Crippen LogP contribution in [0.3, 0.4) is 0 Å². The Kier molecular flexibility index (Phi) is 2.98. The summed E-state index contributed by atoms with van der Waals surface area (Å²) in [5.74, 6) is -0.377. The lowest BCUT2D eigenvalue weighted by molar-refractivity contribution is 0.0601. The fourth-order valence-corrected chi connectivity index (χ4v) is 1.67. The van der Waals surface area contributed by atoms with E-state index in [-0.39, 0.29) is 12.5 Å². The van der Waals surface area contributed by atoms with Crippen LogP contribution in [0.2, 0.25) is 0 Å². The number of H-pyrrole nitrogens is 1. The largest absolute Gasteiger partial charge is 0.465 e. The summed E-state index contributed by atoms with van der Waals surface area (Å²) < 4.78 is 4.64. The second kappa shape index (κ2) is 4.59. The third-order valence-electron chi connectivity index (χ3n) is 2.49. The number of nitrogens with one attached hydrogen (secondary N) is 1. The fraction of sp³-hybridized carbons (Fsp3) is 0.182. The Balaban J connectivity index is 2.44. The lowest BCUT2D eigenvalue weighted by Gasteiger charge is -1.99. The summed E-state index contributed by atoms with van der Waals surface area (Å²) >= 11 is 0. The van der Waals surface area contributed by atoms with Crippen molar-refractivity contribution in [1.82, 2.24) is 4.98 Å². The highest BCUT2D eigenvalue weighted by Gasteiger charge is 2.08. The Morgan fingerprint density at radius 2 is 2.41 bits per heavy atom. The van der Waals surface area contributed by atoms with Gasteiger partial charge in [-0.25, -0.2) is 4.79 Å². The van der Waals surface area contributed by atoms with Crippen LogP contribution in [0, 0.1) is 0 Å². The van der Waals surface area contributed by atoms with Crippen LogP contribution < -0.4 is 0 Å². The number of aromatic nitrogens is 1. The Hall–Kier alpha value is -2.46. The zero-order valence-corrected chi connectivity index (χ0v) is 9.17. The molecule has 6 nitrogen and oxygen atoms in total. The van der Waals surface area contributed by atoms with E-state index in [0.29, 0.717) is 5.56 Å². The van der Waals surface area contributed by atoms with Crippen molar-refractivity contribution < 1.29 is 9.53 Å². The van der Waals surface area contributed by atoms with Crippen molar-refractivity contribution in [2.45, 2.75) is 6.54 Å². The zero-order valence-electron chi connectivity index (χ0n) is 9.17. The second-order valence-electron chi connectivity index (χ2n) is 3.45. The molecule has 0 bridgehead atoms. The molecular formula is C11H10N4O2. The van der Waals surface area contributed by atoms with Gasteiger partial charge in [0.05, 0.1) is 19.2 Å². The summed E-state index contributed by atoms with van der Waals surface area (Å²) in [5.41, 5.74) is 10.5. The highest BCUT2D eigenvalue weighted by atomic mass is 16.5. The SMILES string of the molecule is COC(=O)c1ccc2c(CN=[N+]=[N-])c[nH]c2c1. The van der Waals surface area contributed by atoms with Crippen molar-refractivity contribution in [2.24, 2.45) is 5.11 Å². The number of benzene rings is 1. The summed E-state index contributed by atoms with van der Waals surface area (Å²) in [6, 6.07) is 5.20. The van der Waals surface area contributed by atoms with Gasteiger partial charge >= 0.3 is 5.97 Å². The number of carbonyl (C=O) groups is 1. The summed E-state index contributed by atoms with van der Waals surface area (Å²) in [6.45, 7) is 0.286. The molecule has 1 aromatic carbocycles. The average Bonchev–Trinajstić information content (AvgIpc) is 2.77. The Morgan fingerprint density at radius 1 is 1.59 bits per heavy atom. The minimum atomic E-state index is -0.377. The summed E-state index contributed by atoms with van der Waals surface area (Å²) in [5, 5.41) is 4.44. The number of hydrogen-bond acceptors (Lipinski definition) is 3. The van der Waals surface area contributed by atoms with E-state index in [1.807, 2.05) is 0 Å². The first kappa shape index (κ1) is 11.0. The number of fused-ring (bicyclic) bond motifs is 1. The van der Waals surface area contributed by atoms with Crippen LogP contribution >= 0.6 is 0 Å². The van der Waals surface area contributed by atoms with Crippen molar-refractivity contribution in [3.8, 4) is 0 Å². The monoisotopic (exact) mass is 230 g/mol. The molecule has 0 radical (unpaired) electrons. The number of esters is 1. The van der Waals surface area contributed by atoms with Gasteiger partial charge in [0.2, 0.25) is 0 Å². The fourth-order valence-electron chi connectivity index (χ4n) is 1.67. The van der Waals surface area contributed by atoms with Crippen LogP contribution in [0.4, 0.5) is 0 Å².